The highest BCUT2D eigenvalue weighted by Gasteiger charge is 2.30. The molecular weight excluding hydrogens is 370 g/mol. The van der Waals surface area contributed by atoms with Crippen molar-refractivity contribution in [2.24, 2.45) is 4.99 Å². The second kappa shape index (κ2) is 9.15. The summed E-state index contributed by atoms with van der Waals surface area (Å²) in [5.41, 5.74) is 3.79. The fourth-order valence-electron chi connectivity index (χ4n) is 5.31. The molecule has 1 unspecified atom stereocenters. The van der Waals surface area contributed by atoms with Gasteiger partial charge in [-0.25, -0.2) is 4.99 Å². The highest BCUT2D eigenvalue weighted by Crippen LogP contribution is 2.31. The summed E-state index contributed by atoms with van der Waals surface area (Å²) in [6.07, 6.45) is 19.9. The summed E-state index contributed by atoms with van der Waals surface area (Å²) in [6.45, 7) is 2.33. The molecule has 0 radical (unpaired) electrons. The summed E-state index contributed by atoms with van der Waals surface area (Å²) in [4.78, 5) is 10.1. The van der Waals surface area contributed by atoms with Crippen molar-refractivity contribution in [1.29, 1.82) is 0 Å². The molecule has 1 aromatic carbocycles. The van der Waals surface area contributed by atoms with Gasteiger partial charge in [-0.3, -0.25) is 0 Å². The number of allylic oxidation sites excluding steroid dienone is 1. The van der Waals surface area contributed by atoms with Crippen molar-refractivity contribution in [2.45, 2.75) is 76.4 Å². The van der Waals surface area contributed by atoms with E-state index in [0.29, 0.717) is 6.04 Å². The summed E-state index contributed by atoms with van der Waals surface area (Å²) >= 11 is 0. The van der Waals surface area contributed by atoms with E-state index >= 15 is 0 Å². The molecule has 5 nitrogen and oxygen atoms in total. The van der Waals surface area contributed by atoms with Crippen LogP contribution in [0.5, 0.6) is 0 Å². The fraction of sp³-hybridized carbons (Fsp3) is 0.560. The topological polar surface area (TPSA) is 42.9 Å². The molecule has 1 saturated heterocycles. The third-order valence-corrected chi connectivity index (χ3v) is 6.97. The van der Waals surface area contributed by atoms with Gasteiger partial charge >= 0.3 is 0 Å². The molecule has 4 aliphatic rings. The van der Waals surface area contributed by atoms with Crippen LogP contribution in [0, 0.1) is 0 Å². The number of guanidine groups is 1. The number of fused-ring (bicyclic) bond motifs is 1. The Labute approximate surface area is 180 Å². The largest absolute Gasteiger partial charge is 0.371 e. The molecule has 1 aliphatic carbocycles. The zero-order valence-electron chi connectivity index (χ0n) is 18.0. The summed E-state index contributed by atoms with van der Waals surface area (Å²) in [7, 11) is 0. The van der Waals surface area contributed by atoms with Gasteiger partial charge in [0.05, 0.1) is 0 Å². The van der Waals surface area contributed by atoms with Gasteiger partial charge in [0.15, 0.2) is 0 Å². The molecule has 0 aromatic heterocycles. The Morgan fingerprint density at radius 3 is 2.60 bits per heavy atom. The van der Waals surface area contributed by atoms with E-state index in [1.165, 1.54) is 82.1 Å². The summed E-state index contributed by atoms with van der Waals surface area (Å²) < 4.78 is 0. The van der Waals surface area contributed by atoms with Gasteiger partial charge in [-0.2, -0.15) is 0 Å². The number of rotatable bonds is 3. The summed E-state index contributed by atoms with van der Waals surface area (Å²) in [5.74, 6) is 0.855. The van der Waals surface area contributed by atoms with Crippen molar-refractivity contribution in [3.8, 4) is 0 Å². The molecule has 1 atom stereocenters. The molecule has 0 bridgehead atoms. The van der Waals surface area contributed by atoms with Crippen molar-refractivity contribution in [3.63, 3.8) is 0 Å². The number of benzene rings is 1. The van der Waals surface area contributed by atoms with Gasteiger partial charge in [0.1, 0.15) is 6.17 Å². The van der Waals surface area contributed by atoms with E-state index in [1.54, 1.807) is 0 Å². The van der Waals surface area contributed by atoms with Gasteiger partial charge in [-0.05, 0) is 68.5 Å². The Morgan fingerprint density at radius 2 is 1.77 bits per heavy atom. The van der Waals surface area contributed by atoms with E-state index in [9.17, 15) is 0 Å². The maximum absolute atomic E-state index is 5.12. The maximum Gasteiger partial charge on any atom is 0.202 e. The van der Waals surface area contributed by atoms with Crippen LogP contribution in [0.4, 0.5) is 11.4 Å². The van der Waals surface area contributed by atoms with Gasteiger partial charge < -0.3 is 20.4 Å². The Bertz CT molecular complexity index is 813. The van der Waals surface area contributed by atoms with Crippen LogP contribution >= 0.6 is 0 Å². The van der Waals surface area contributed by atoms with E-state index in [0.717, 1.165) is 18.1 Å². The monoisotopic (exact) mass is 405 g/mol. The molecule has 5 heteroatoms. The SMILES string of the molecule is C1=CN(C2CCCCCC2)C2N=C(Nc3cccc(N4CCCCC4)c3)NC=C2C1. The number of hydrogen-bond donors (Lipinski definition) is 2. The van der Waals surface area contributed by atoms with E-state index < -0.39 is 0 Å². The lowest BCUT2D eigenvalue weighted by atomic mass is 10.00. The van der Waals surface area contributed by atoms with Crippen molar-refractivity contribution < 1.29 is 0 Å². The highest BCUT2D eigenvalue weighted by molar-refractivity contribution is 5.95. The maximum atomic E-state index is 5.12. The number of aliphatic imine (C=N–C) groups is 1. The van der Waals surface area contributed by atoms with Crippen molar-refractivity contribution in [1.82, 2.24) is 10.2 Å². The van der Waals surface area contributed by atoms with Crippen LogP contribution in [0.25, 0.3) is 0 Å². The van der Waals surface area contributed by atoms with E-state index in [1.807, 2.05) is 0 Å². The number of hydrogen-bond acceptors (Lipinski definition) is 5. The van der Waals surface area contributed by atoms with E-state index in [-0.39, 0.29) is 6.17 Å². The Balaban J connectivity index is 1.31. The van der Waals surface area contributed by atoms with Gasteiger partial charge in [-0.1, -0.05) is 37.8 Å². The fourth-order valence-corrected chi connectivity index (χ4v) is 5.31. The minimum atomic E-state index is 0.132. The quantitative estimate of drug-likeness (QED) is 0.678. The molecule has 5 rings (SSSR count). The number of nitrogens with one attached hydrogen (secondary N) is 2. The number of piperidine rings is 1. The molecule has 2 N–H and O–H groups in total. The normalized spacial score (nSPS) is 25.0. The first-order chi connectivity index (χ1) is 14.9. The number of nitrogens with zero attached hydrogens (tertiary/aromatic N) is 3. The molecule has 1 saturated carbocycles. The molecule has 3 heterocycles. The Kier molecular flexibility index (Phi) is 5.96. The van der Waals surface area contributed by atoms with Gasteiger partial charge in [0.2, 0.25) is 5.96 Å². The molecule has 160 valence electrons. The zero-order valence-corrected chi connectivity index (χ0v) is 18.0. The predicted octanol–water partition coefficient (Wildman–Crippen LogP) is 5.20. The van der Waals surface area contributed by atoms with Crippen LogP contribution in [0.2, 0.25) is 0 Å². The van der Waals surface area contributed by atoms with Crippen LogP contribution < -0.4 is 15.5 Å². The third-order valence-electron chi connectivity index (χ3n) is 6.97. The summed E-state index contributed by atoms with van der Waals surface area (Å²) in [5, 5.41) is 6.95. The van der Waals surface area contributed by atoms with Gasteiger partial charge in [0.25, 0.3) is 0 Å². The van der Waals surface area contributed by atoms with Crippen molar-refractivity contribution >= 4 is 17.3 Å². The molecular formula is C25H35N5. The second-order valence-electron chi connectivity index (χ2n) is 9.12. The van der Waals surface area contributed by atoms with Crippen LogP contribution in [-0.4, -0.2) is 36.2 Å². The average Bonchev–Trinajstić information content (AvgIpc) is 3.09. The predicted molar refractivity (Wildman–Crippen MR) is 126 cm³/mol. The molecule has 1 aromatic rings. The second-order valence-corrected chi connectivity index (χ2v) is 9.12. The number of anilines is 2. The van der Waals surface area contributed by atoms with Gasteiger partial charge in [-0.15, -0.1) is 0 Å². The molecule has 0 spiro atoms. The molecule has 3 aliphatic heterocycles. The molecule has 0 amide bonds. The smallest absolute Gasteiger partial charge is 0.202 e. The Morgan fingerprint density at radius 1 is 0.967 bits per heavy atom. The Hall–Kier alpha value is -2.43. The first kappa shape index (κ1) is 19.5. The summed E-state index contributed by atoms with van der Waals surface area (Å²) in [6, 6.07) is 9.39. The minimum Gasteiger partial charge on any atom is -0.371 e. The van der Waals surface area contributed by atoms with Crippen LogP contribution in [0.3, 0.4) is 0 Å². The van der Waals surface area contributed by atoms with Crippen molar-refractivity contribution in [3.05, 3.63) is 48.3 Å². The zero-order chi connectivity index (χ0) is 20.2. The third kappa shape index (κ3) is 4.35. The lowest BCUT2D eigenvalue weighted by molar-refractivity contribution is 0.201. The van der Waals surface area contributed by atoms with Crippen LogP contribution in [0.15, 0.2) is 53.3 Å². The average molecular weight is 406 g/mol. The lowest BCUT2D eigenvalue weighted by Gasteiger charge is -2.40. The minimum absolute atomic E-state index is 0.132. The first-order valence-electron chi connectivity index (χ1n) is 12.0. The van der Waals surface area contributed by atoms with Crippen LogP contribution in [-0.2, 0) is 0 Å². The van der Waals surface area contributed by atoms with Gasteiger partial charge in [0, 0.05) is 36.7 Å². The van der Waals surface area contributed by atoms with Crippen molar-refractivity contribution in [2.75, 3.05) is 23.3 Å². The van der Waals surface area contributed by atoms with E-state index in [2.05, 4.69) is 63.2 Å². The van der Waals surface area contributed by atoms with Crippen LogP contribution in [0.1, 0.15) is 64.2 Å². The highest BCUT2D eigenvalue weighted by atomic mass is 15.3. The first-order valence-corrected chi connectivity index (χ1v) is 12.0. The molecule has 2 fully saturated rings. The lowest BCUT2D eigenvalue weighted by Crippen LogP contribution is -2.45. The van der Waals surface area contributed by atoms with E-state index in [4.69, 9.17) is 4.99 Å². The molecule has 30 heavy (non-hydrogen) atoms. The standard InChI is InChI=1S/C25H35N5/c1-2-5-13-22(12-4-1)30-17-9-10-20-19-26-25(28-24(20)30)27-21-11-8-14-23(18-21)29-15-6-3-7-16-29/h8-9,11,14,17-19,22,24H,1-7,10,12-13,15-16H2,(H2,26,27,28).